The van der Waals surface area contributed by atoms with Crippen molar-refractivity contribution in [1.29, 1.82) is 0 Å². The molecule has 4 saturated carbocycles. The molecule has 5 aliphatic rings. The summed E-state index contributed by atoms with van der Waals surface area (Å²) >= 11 is 0. The second kappa shape index (κ2) is 5.26. The quantitative estimate of drug-likeness (QED) is 0.851. The van der Waals surface area contributed by atoms with Gasteiger partial charge in [-0.25, -0.2) is 0 Å². The molecule has 0 amide bonds. The number of nitrogens with zero attached hydrogens (tertiary/aromatic N) is 2. The van der Waals surface area contributed by atoms with Gasteiger partial charge in [0.25, 0.3) is 0 Å². The maximum absolute atomic E-state index is 8.97. The molecule has 0 atom stereocenters. The van der Waals surface area contributed by atoms with Crippen LogP contribution in [0.2, 0.25) is 0 Å². The van der Waals surface area contributed by atoms with Gasteiger partial charge in [-0.05, 0) is 62.7 Å². The highest BCUT2D eigenvalue weighted by Gasteiger charge is 2.53. The van der Waals surface area contributed by atoms with Crippen molar-refractivity contribution < 1.29 is 5.11 Å². The average molecular weight is 278 g/mol. The zero-order chi connectivity index (χ0) is 13.6. The summed E-state index contributed by atoms with van der Waals surface area (Å²) in [5, 5.41) is 8.97. The Morgan fingerprint density at radius 3 is 1.90 bits per heavy atom. The molecule has 1 saturated heterocycles. The lowest BCUT2D eigenvalue weighted by molar-refractivity contribution is -0.101. The van der Waals surface area contributed by atoms with Crippen LogP contribution >= 0.6 is 0 Å². The van der Waals surface area contributed by atoms with E-state index in [-0.39, 0.29) is 0 Å². The van der Waals surface area contributed by atoms with E-state index in [9.17, 15) is 0 Å². The number of aliphatic hydroxyl groups excluding tert-OH is 1. The van der Waals surface area contributed by atoms with Gasteiger partial charge in [0, 0.05) is 44.9 Å². The van der Waals surface area contributed by atoms with Crippen molar-refractivity contribution in [2.75, 3.05) is 39.3 Å². The van der Waals surface area contributed by atoms with Crippen LogP contribution in [0.5, 0.6) is 0 Å². The molecule has 4 bridgehead atoms. The van der Waals surface area contributed by atoms with Crippen molar-refractivity contribution in [1.82, 2.24) is 9.80 Å². The topological polar surface area (TPSA) is 26.7 Å². The highest BCUT2D eigenvalue weighted by Crippen LogP contribution is 2.57. The van der Waals surface area contributed by atoms with Crippen molar-refractivity contribution in [3.8, 4) is 0 Å². The largest absolute Gasteiger partial charge is 0.396 e. The van der Waals surface area contributed by atoms with Crippen LogP contribution in [0.15, 0.2) is 0 Å². The summed E-state index contributed by atoms with van der Waals surface area (Å²) < 4.78 is 0. The van der Waals surface area contributed by atoms with Crippen LogP contribution in [-0.2, 0) is 0 Å². The maximum Gasteiger partial charge on any atom is 0.0443 e. The fourth-order valence-corrected chi connectivity index (χ4v) is 6.19. The molecule has 3 nitrogen and oxygen atoms in total. The molecule has 1 N–H and O–H groups in total. The van der Waals surface area contributed by atoms with Crippen LogP contribution < -0.4 is 0 Å². The lowest BCUT2D eigenvalue weighted by Gasteiger charge is -2.61. The first kappa shape index (κ1) is 13.5. The van der Waals surface area contributed by atoms with E-state index in [1.807, 2.05) is 0 Å². The number of rotatable bonds is 4. The molecule has 0 spiro atoms. The van der Waals surface area contributed by atoms with E-state index in [4.69, 9.17) is 5.11 Å². The third kappa shape index (κ3) is 2.32. The van der Waals surface area contributed by atoms with E-state index in [2.05, 4.69) is 9.80 Å². The standard InChI is InChI=1S/C17H30N2O/c20-7-1-2-18-3-5-19(6-4-18)17-11-14-8-15(12-17)10-16(9-14)13-17/h14-16,20H,1-13H2. The number of hydrogen-bond acceptors (Lipinski definition) is 3. The lowest BCUT2D eigenvalue weighted by Crippen LogP contribution is -2.63. The highest BCUT2D eigenvalue weighted by molar-refractivity contribution is 5.08. The smallest absolute Gasteiger partial charge is 0.0443 e. The van der Waals surface area contributed by atoms with Gasteiger partial charge in [-0.1, -0.05) is 0 Å². The first-order chi connectivity index (χ1) is 9.77. The van der Waals surface area contributed by atoms with Gasteiger partial charge >= 0.3 is 0 Å². The normalized spacial score (nSPS) is 45.1. The summed E-state index contributed by atoms with van der Waals surface area (Å²) in [6, 6.07) is 0. The van der Waals surface area contributed by atoms with Gasteiger partial charge in [0.1, 0.15) is 0 Å². The molecule has 3 heteroatoms. The Bertz CT molecular complexity index is 314. The van der Waals surface area contributed by atoms with Gasteiger partial charge in [-0.3, -0.25) is 4.90 Å². The van der Waals surface area contributed by atoms with Crippen molar-refractivity contribution in [2.45, 2.75) is 50.5 Å². The second-order valence-corrected chi connectivity index (χ2v) is 8.05. The fourth-order valence-electron chi connectivity index (χ4n) is 6.19. The van der Waals surface area contributed by atoms with Gasteiger partial charge in [0.05, 0.1) is 0 Å². The van der Waals surface area contributed by atoms with Crippen LogP contribution in [0.3, 0.4) is 0 Å². The Labute approximate surface area is 123 Å². The van der Waals surface area contributed by atoms with Crippen molar-refractivity contribution in [2.24, 2.45) is 17.8 Å². The predicted molar refractivity (Wildman–Crippen MR) is 80.6 cm³/mol. The molecule has 0 unspecified atom stereocenters. The lowest BCUT2D eigenvalue weighted by atomic mass is 9.52. The molecule has 0 radical (unpaired) electrons. The van der Waals surface area contributed by atoms with Gasteiger partial charge in [-0.15, -0.1) is 0 Å². The van der Waals surface area contributed by atoms with E-state index >= 15 is 0 Å². The number of hydrogen-bond donors (Lipinski definition) is 1. The Morgan fingerprint density at radius 2 is 1.40 bits per heavy atom. The van der Waals surface area contributed by atoms with E-state index in [1.54, 1.807) is 19.3 Å². The number of aliphatic hydroxyl groups is 1. The van der Waals surface area contributed by atoms with Gasteiger partial charge in [0.2, 0.25) is 0 Å². The molecule has 1 heterocycles. The highest BCUT2D eigenvalue weighted by atomic mass is 16.3. The summed E-state index contributed by atoms with van der Waals surface area (Å²) in [4.78, 5) is 5.43. The van der Waals surface area contributed by atoms with Crippen LogP contribution in [-0.4, -0.2) is 59.8 Å². The predicted octanol–water partition coefficient (Wildman–Crippen LogP) is 1.96. The molecule has 0 aromatic carbocycles. The van der Waals surface area contributed by atoms with E-state index < -0.39 is 0 Å². The molecular formula is C17H30N2O. The minimum absolute atomic E-state index is 0.342. The Balaban J connectivity index is 1.39. The summed E-state index contributed by atoms with van der Waals surface area (Å²) in [6.45, 7) is 6.43. The first-order valence-corrected chi connectivity index (χ1v) is 8.86. The van der Waals surface area contributed by atoms with Gasteiger partial charge in [0.15, 0.2) is 0 Å². The fraction of sp³-hybridized carbons (Fsp3) is 1.00. The van der Waals surface area contributed by atoms with Gasteiger partial charge in [-0.2, -0.15) is 0 Å². The van der Waals surface area contributed by atoms with Crippen molar-refractivity contribution >= 4 is 0 Å². The summed E-state index contributed by atoms with van der Waals surface area (Å²) in [5.74, 6) is 3.19. The van der Waals surface area contributed by atoms with Crippen LogP contribution in [0, 0.1) is 17.8 Å². The number of piperazine rings is 1. The molecule has 0 aromatic heterocycles. The summed E-state index contributed by atoms with van der Waals surface area (Å²) in [5.41, 5.74) is 0.609. The van der Waals surface area contributed by atoms with Crippen molar-refractivity contribution in [3.63, 3.8) is 0 Å². The average Bonchev–Trinajstić information content (AvgIpc) is 2.44. The van der Waals surface area contributed by atoms with Gasteiger partial charge < -0.3 is 10.0 Å². The molecule has 4 aliphatic carbocycles. The van der Waals surface area contributed by atoms with Crippen LogP contribution in [0.25, 0.3) is 0 Å². The Hall–Kier alpha value is -0.120. The Morgan fingerprint density at radius 1 is 0.850 bits per heavy atom. The molecule has 1 aliphatic heterocycles. The summed E-state index contributed by atoms with van der Waals surface area (Å²) in [6.07, 6.45) is 10.1. The third-order valence-corrected chi connectivity index (χ3v) is 6.68. The molecular weight excluding hydrogens is 248 g/mol. The van der Waals surface area contributed by atoms with E-state index in [0.29, 0.717) is 12.1 Å². The zero-order valence-corrected chi connectivity index (χ0v) is 12.8. The zero-order valence-electron chi connectivity index (χ0n) is 12.8. The second-order valence-electron chi connectivity index (χ2n) is 8.05. The SMILES string of the molecule is OCCCN1CCN(C23CC4CC(CC(C4)C2)C3)CC1. The molecule has 20 heavy (non-hydrogen) atoms. The Kier molecular flexibility index (Phi) is 3.56. The van der Waals surface area contributed by atoms with E-state index in [1.165, 1.54) is 45.4 Å². The van der Waals surface area contributed by atoms with E-state index in [0.717, 1.165) is 30.7 Å². The molecule has 5 rings (SSSR count). The first-order valence-electron chi connectivity index (χ1n) is 8.86. The molecule has 5 fully saturated rings. The maximum atomic E-state index is 8.97. The third-order valence-electron chi connectivity index (χ3n) is 6.68. The molecule has 0 aromatic rings. The molecule has 114 valence electrons. The van der Waals surface area contributed by atoms with Crippen LogP contribution in [0.4, 0.5) is 0 Å². The monoisotopic (exact) mass is 278 g/mol. The minimum Gasteiger partial charge on any atom is -0.396 e. The van der Waals surface area contributed by atoms with Crippen molar-refractivity contribution in [3.05, 3.63) is 0 Å². The minimum atomic E-state index is 0.342. The summed E-state index contributed by atoms with van der Waals surface area (Å²) in [7, 11) is 0. The van der Waals surface area contributed by atoms with Crippen LogP contribution in [0.1, 0.15) is 44.9 Å².